The zero-order chi connectivity index (χ0) is 13.0. The van der Waals surface area contributed by atoms with Crippen LogP contribution in [0.5, 0.6) is 0 Å². The maximum atomic E-state index is 13.9. The van der Waals surface area contributed by atoms with Gasteiger partial charge < -0.3 is 10.4 Å². The molecule has 2 rings (SSSR count). The molecule has 1 aromatic carbocycles. The first-order valence-corrected chi connectivity index (χ1v) is 6.89. The summed E-state index contributed by atoms with van der Waals surface area (Å²) in [6.07, 6.45) is 4.83. The van der Waals surface area contributed by atoms with Crippen molar-refractivity contribution >= 4 is 0 Å². The Balaban J connectivity index is 2.31. The maximum absolute atomic E-state index is 13.9. The van der Waals surface area contributed by atoms with Crippen LogP contribution in [0.3, 0.4) is 0 Å². The minimum Gasteiger partial charge on any atom is -0.383 e. The molecule has 2 N–H and O–H groups in total. The second-order valence-electron chi connectivity index (χ2n) is 5.11. The van der Waals surface area contributed by atoms with Crippen LogP contribution in [0.4, 0.5) is 4.39 Å². The van der Waals surface area contributed by atoms with E-state index in [2.05, 4.69) is 5.32 Å². The van der Waals surface area contributed by atoms with Crippen LogP contribution in [0.25, 0.3) is 0 Å². The fourth-order valence-electron chi connectivity index (χ4n) is 2.87. The van der Waals surface area contributed by atoms with E-state index in [4.69, 9.17) is 0 Å². The van der Waals surface area contributed by atoms with Gasteiger partial charge in [0.15, 0.2) is 0 Å². The Morgan fingerprint density at radius 3 is 2.83 bits per heavy atom. The Morgan fingerprint density at radius 2 is 2.11 bits per heavy atom. The Labute approximate surface area is 108 Å². The maximum Gasteiger partial charge on any atom is 0.129 e. The van der Waals surface area contributed by atoms with Gasteiger partial charge in [-0.1, -0.05) is 38.0 Å². The predicted octanol–water partition coefficient (Wildman–Crippen LogP) is 2.96. The molecule has 3 heteroatoms. The SMILES string of the molecule is CCC(O)(c1ccccc1F)C1CCCCCN1. The average molecular weight is 251 g/mol. The van der Waals surface area contributed by atoms with Gasteiger partial charge >= 0.3 is 0 Å². The lowest BCUT2D eigenvalue weighted by Crippen LogP contribution is -2.48. The molecule has 1 aliphatic heterocycles. The number of hydrogen-bond acceptors (Lipinski definition) is 2. The van der Waals surface area contributed by atoms with Crippen LogP contribution in [0.15, 0.2) is 24.3 Å². The molecule has 1 heterocycles. The van der Waals surface area contributed by atoms with Crippen LogP contribution in [0.1, 0.15) is 44.6 Å². The zero-order valence-electron chi connectivity index (χ0n) is 11.0. The van der Waals surface area contributed by atoms with Crippen LogP contribution in [-0.2, 0) is 5.60 Å². The lowest BCUT2D eigenvalue weighted by molar-refractivity contribution is -0.0118. The Bertz CT molecular complexity index is 388. The van der Waals surface area contributed by atoms with Gasteiger partial charge in [-0.2, -0.15) is 0 Å². The van der Waals surface area contributed by atoms with Gasteiger partial charge in [-0.3, -0.25) is 0 Å². The van der Waals surface area contributed by atoms with Gasteiger partial charge in [0, 0.05) is 11.6 Å². The summed E-state index contributed by atoms with van der Waals surface area (Å²) in [7, 11) is 0. The molecule has 0 amide bonds. The fourth-order valence-corrected chi connectivity index (χ4v) is 2.87. The van der Waals surface area contributed by atoms with E-state index >= 15 is 0 Å². The molecule has 2 atom stereocenters. The third-order valence-electron chi connectivity index (χ3n) is 4.02. The van der Waals surface area contributed by atoms with Gasteiger partial charge in [0.25, 0.3) is 0 Å². The molecule has 0 aliphatic carbocycles. The molecule has 100 valence electrons. The van der Waals surface area contributed by atoms with Gasteiger partial charge in [0.2, 0.25) is 0 Å². The predicted molar refractivity (Wildman–Crippen MR) is 70.8 cm³/mol. The van der Waals surface area contributed by atoms with Crippen LogP contribution in [-0.4, -0.2) is 17.7 Å². The number of benzene rings is 1. The summed E-state index contributed by atoms with van der Waals surface area (Å²) in [5, 5.41) is 14.3. The van der Waals surface area contributed by atoms with E-state index < -0.39 is 5.60 Å². The molecule has 18 heavy (non-hydrogen) atoms. The molecule has 0 bridgehead atoms. The summed E-state index contributed by atoms with van der Waals surface area (Å²) in [5.74, 6) is -0.312. The molecule has 0 saturated carbocycles. The molecule has 1 aliphatic rings. The smallest absolute Gasteiger partial charge is 0.129 e. The highest BCUT2D eigenvalue weighted by Gasteiger charge is 2.38. The van der Waals surface area contributed by atoms with Crippen molar-refractivity contribution < 1.29 is 9.50 Å². The Kier molecular flexibility index (Phi) is 4.36. The second kappa shape index (κ2) is 5.81. The average Bonchev–Trinajstić information content (AvgIpc) is 2.67. The number of rotatable bonds is 3. The van der Waals surface area contributed by atoms with E-state index in [9.17, 15) is 9.50 Å². The van der Waals surface area contributed by atoms with E-state index in [0.717, 1.165) is 25.8 Å². The summed E-state index contributed by atoms with van der Waals surface area (Å²) in [6, 6.07) is 6.52. The lowest BCUT2D eigenvalue weighted by Gasteiger charge is -2.36. The summed E-state index contributed by atoms with van der Waals surface area (Å²) in [4.78, 5) is 0. The van der Waals surface area contributed by atoms with E-state index in [1.165, 1.54) is 12.5 Å². The number of hydrogen-bond donors (Lipinski definition) is 2. The Hall–Kier alpha value is -0.930. The van der Waals surface area contributed by atoms with E-state index in [0.29, 0.717) is 12.0 Å². The monoisotopic (exact) mass is 251 g/mol. The molecule has 0 aromatic heterocycles. The van der Waals surface area contributed by atoms with Crippen molar-refractivity contribution in [2.75, 3.05) is 6.54 Å². The minimum absolute atomic E-state index is 0.0538. The first-order valence-electron chi connectivity index (χ1n) is 6.89. The third kappa shape index (κ3) is 2.57. The van der Waals surface area contributed by atoms with Crippen LogP contribution < -0.4 is 5.32 Å². The molecule has 2 nitrogen and oxygen atoms in total. The van der Waals surface area contributed by atoms with E-state index in [1.54, 1.807) is 18.2 Å². The summed E-state index contributed by atoms with van der Waals surface area (Å²) in [6.45, 7) is 2.82. The van der Waals surface area contributed by atoms with Crippen molar-refractivity contribution in [3.05, 3.63) is 35.6 Å². The zero-order valence-corrected chi connectivity index (χ0v) is 11.0. The van der Waals surface area contributed by atoms with Gasteiger partial charge in [-0.25, -0.2) is 4.39 Å². The first-order chi connectivity index (χ1) is 8.68. The van der Waals surface area contributed by atoms with E-state index in [-0.39, 0.29) is 11.9 Å². The highest BCUT2D eigenvalue weighted by atomic mass is 19.1. The van der Waals surface area contributed by atoms with Gasteiger partial charge in [0.1, 0.15) is 11.4 Å². The molecular weight excluding hydrogens is 229 g/mol. The third-order valence-corrected chi connectivity index (χ3v) is 4.02. The summed E-state index contributed by atoms with van der Waals surface area (Å²) >= 11 is 0. The summed E-state index contributed by atoms with van der Waals surface area (Å²) < 4.78 is 13.9. The first kappa shape index (κ1) is 13.5. The number of halogens is 1. The standard InChI is InChI=1S/C15H22FNO/c1-2-15(18,12-8-5-6-9-13(12)16)14-10-4-3-7-11-17-14/h5-6,8-9,14,17-18H,2-4,7,10-11H2,1H3. The van der Waals surface area contributed by atoms with Gasteiger partial charge in [-0.05, 0) is 31.9 Å². The number of nitrogens with one attached hydrogen (secondary N) is 1. The highest BCUT2D eigenvalue weighted by molar-refractivity contribution is 5.26. The van der Waals surface area contributed by atoms with Crippen molar-refractivity contribution in [3.63, 3.8) is 0 Å². The molecule has 1 saturated heterocycles. The number of aliphatic hydroxyl groups is 1. The highest BCUT2D eigenvalue weighted by Crippen LogP contribution is 2.33. The molecule has 0 radical (unpaired) electrons. The van der Waals surface area contributed by atoms with Crippen molar-refractivity contribution in [2.45, 2.75) is 50.7 Å². The van der Waals surface area contributed by atoms with Crippen LogP contribution >= 0.6 is 0 Å². The quantitative estimate of drug-likeness (QED) is 0.865. The lowest BCUT2D eigenvalue weighted by atomic mass is 9.81. The fraction of sp³-hybridized carbons (Fsp3) is 0.600. The van der Waals surface area contributed by atoms with Crippen LogP contribution in [0.2, 0.25) is 0 Å². The van der Waals surface area contributed by atoms with Crippen molar-refractivity contribution in [1.29, 1.82) is 0 Å². The second-order valence-corrected chi connectivity index (χ2v) is 5.11. The van der Waals surface area contributed by atoms with Gasteiger partial charge in [0.05, 0.1) is 0 Å². The topological polar surface area (TPSA) is 32.3 Å². The van der Waals surface area contributed by atoms with Crippen LogP contribution in [0, 0.1) is 5.82 Å². The minimum atomic E-state index is -1.10. The Morgan fingerprint density at radius 1 is 1.33 bits per heavy atom. The van der Waals surface area contributed by atoms with Crippen molar-refractivity contribution in [2.24, 2.45) is 0 Å². The summed E-state index contributed by atoms with van der Waals surface area (Å²) in [5.41, 5.74) is -0.678. The molecule has 1 fully saturated rings. The largest absolute Gasteiger partial charge is 0.383 e. The van der Waals surface area contributed by atoms with Crippen molar-refractivity contribution in [3.8, 4) is 0 Å². The van der Waals surface area contributed by atoms with E-state index in [1.807, 2.05) is 6.92 Å². The molecule has 2 unspecified atom stereocenters. The molecule has 1 aromatic rings. The molecule has 0 spiro atoms. The molecular formula is C15H22FNO. The normalized spacial score (nSPS) is 24.3. The van der Waals surface area contributed by atoms with Gasteiger partial charge in [-0.15, -0.1) is 0 Å². The van der Waals surface area contributed by atoms with Crippen molar-refractivity contribution in [1.82, 2.24) is 5.32 Å².